The SMILES string of the molecule is CC(=O)OCC=CC1=CN=C(c2ccccc2)CC=C1Cc1c[nH]c(C2CC2)c1. The van der Waals surface area contributed by atoms with Crippen LogP contribution in [0.3, 0.4) is 0 Å². The number of H-pyrrole nitrogens is 1. The van der Waals surface area contributed by atoms with Gasteiger partial charge in [-0.15, -0.1) is 0 Å². The van der Waals surface area contributed by atoms with Crippen molar-refractivity contribution < 1.29 is 9.53 Å². The van der Waals surface area contributed by atoms with Crippen molar-refractivity contribution in [2.75, 3.05) is 6.61 Å². The fraction of sp³-hybridized carbons (Fsp3) is 0.280. The summed E-state index contributed by atoms with van der Waals surface area (Å²) in [5.41, 5.74) is 7.13. The van der Waals surface area contributed by atoms with Crippen LogP contribution in [0.15, 0.2) is 83.2 Å². The molecule has 1 aliphatic carbocycles. The second kappa shape index (κ2) is 8.91. The van der Waals surface area contributed by atoms with Gasteiger partial charge in [0.15, 0.2) is 0 Å². The average molecular weight is 386 g/mol. The quantitative estimate of drug-likeness (QED) is 0.660. The predicted octanol–water partition coefficient (Wildman–Crippen LogP) is 5.26. The number of hydrogen-bond acceptors (Lipinski definition) is 3. The topological polar surface area (TPSA) is 54.4 Å². The number of aliphatic imine (C=N–C) groups is 1. The molecule has 4 nitrogen and oxygen atoms in total. The highest BCUT2D eigenvalue weighted by Gasteiger charge is 2.25. The van der Waals surface area contributed by atoms with Crippen LogP contribution in [-0.4, -0.2) is 23.3 Å². The number of nitrogens with zero attached hydrogens (tertiary/aromatic N) is 1. The first kappa shape index (κ1) is 19.2. The fourth-order valence-electron chi connectivity index (χ4n) is 3.52. The Hall–Kier alpha value is -3.14. The van der Waals surface area contributed by atoms with Gasteiger partial charge in [-0.1, -0.05) is 42.5 Å². The lowest BCUT2D eigenvalue weighted by Gasteiger charge is -2.07. The zero-order valence-electron chi connectivity index (χ0n) is 16.7. The number of hydrogen-bond donors (Lipinski definition) is 1. The summed E-state index contributed by atoms with van der Waals surface area (Å²) in [5.74, 6) is 0.447. The average Bonchev–Trinajstić information content (AvgIpc) is 3.50. The number of carbonyl (C=O) groups is 1. The first-order valence-electron chi connectivity index (χ1n) is 10.2. The second-order valence-corrected chi connectivity index (χ2v) is 7.58. The summed E-state index contributed by atoms with van der Waals surface area (Å²) in [7, 11) is 0. The molecule has 0 spiro atoms. The Kier molecular flexibility index (Phi) is 5.89. The maximum Gasteiger partial charge on any atom is 0.302 e. The Morgan fingerprint density at radius 3 is 2.86 bits per heavy atom. The van der Waals surface area contributed by atoms with E-state index < -0.39 is 0 Å². The molecule has 2 aromatic rings. The van der Waals surface area contributed by atoms with E-state index in [2.05, 4.69) is 35.5 Å². The molecule has 2 heterocycles. The standard InChI is InChI=1S/C25H26N2O2/c1-18(28)29-13-5-8-23-17-27-24(20-6-3-2-4-7-20)12-11-22(23)14-19-15-25(26-16-19)21-9-10-21/h2-8,11,15-17,21,26H,9-10,12-14H2,1H3. The minimum atomic E-state index is -0.274. The number of aromatic nitrogens is 1. The van der Waals surface area contributed by atoms with Crippen molar-refractivity contribution in [1.82, 2.24) is 4.98 Å². The number of rotatable bonds is 7. The van der Waals surface area contributed by atoms with Crippen molar-refractivity contribution in [2.45, 2.75) is 38.5 Å². The van der Waals surface area contributed by atoms with Crippen molar-refractivity contribution >= 4 is 11.7 Å². The molecule has 4 heteroatoms. The smallest absolute Gasteiger partial charge is 0.302 e. The van der Waals surface area contributed by atoms with Gasteiger partial charge in [0.25, 0.3) is 0 Å². The summed E-state index contributed by atoms with van der Waals surface area (Å²) in [6, 6.07) is 12.6. The van der Waals surface area contributed by atoms with Crippen LogP contribution in [0.25, 0.3) is 0 Å². The molecular formula is C25H26N2O2. The monoisotopic (exact) mass is 386 g/mol. The first-order valence-corrected chi connectivity index (χ1v) is 10.2. The fourth-order valence-corrected chi connectivity index (χ4v) is 3.52. The van der Waals surface area contributed by atoms with Crippen LogP contribution >= 0.6 is 0 Å². The van der Waals surface area contributed by atoms with Gasteiger partial charge in [0, 0.05) is 31.4 Å². The number of aromatic amines is 1. The molecule has 1 aliphatic heterocycles. The van der Waals surface area contributed by atoms with E-state index >= 15 is 0 Å². The molecular weight excluding hydrogens is 360 g/mol. The molecule has 0 bridgehead atoms. The minimum Gasteiger partial charge on any atom is -0.462 e. The van der Waals surface area contributed by atoms with Gasteiger partial charge >= 0.3 is 5.97 Å². The van der Waals surface area contributed by atoms with Crippen LogP contribution in [-0.2, 0) is 16.0 Å². The van der Waals surface area contributed by atoms with Crippen LogP contribution in [0, 0.1) is 0 Å². The van der Waals surface area contributed by atoms with E-state index in [0.717, 1.165) is 35.6 Å². The van der Waals surface area contributed by atoms with E-state index in [9.17, 15) is 4.79 Å². The summed E-state index contributed by atoms with van der Waals surface area (Å²) < 4.78 is 5.03. The van der Waals surface area contributed by atoms with Gasteiger partial charge in [-0.2, -0.15) is 0 Å². The van der Waals surface area contributed by atoms with E-state index in [1.807, 2.05) is 36.6 Å². The molecule has 1 fully saturated rings. The van der Waals surface area contributed by atoms with Crippen molar-refractivity contribution in [3.63, 3.8) is 0 Å². The summed E-state index contributed by atoms with van der Waals surface area (Å²) in [6.45, 7) is 1.69. The Morgan fingerprint density at radius 1 is 1.28 bits per heavy atom. The van der Waals surface area contributed by atoms with Crippen molar-refractivity contribution in [2.24, 2.45) is 4.99 Å². The number of allylic oxidation sites excluding steroid dienone is 4. The van der Waals surface area contributed by atoms with Crippen LogP contribution in [0.1, 0.15) is 48.9 Å². The molecule has 0 unspecified atom stereocenters. The van der Waals surface area contributed by atoms with Crippen molar-refractivity contribution in [3.8, 4) is 0 Å². The third kappa shape index (κ3) is 5.23. The van der Waals surface area contributed by atoms with Crippen LogP contribution < -0.4 is 0 Å². The Morgan fingerprint density at radius 2 is 2.10 bits per heavy atom. The molecule has 1 aromatic heterocycles. The molecule has 4 rings (SSSR count). The Bertz CT molecular complexity index is 989. The highest BCUT2D eigenvalue weighted by molar-refractivity contribution is 6.02. The maximum atomic E-state index is 11.0. The second-order valence-electron chi connectivity index (χ2n) is 7.58. The normalized spacial score (nSPS) is 16.8. The summed E-state index contributed by atoms with van der Waals surface area (Å²) in [5, 5.41) is 0. The third-order valence-corrected chi connectivity index (χ3v) is 5.24. The van der Waals surface area contributed by atoms with Crippen molar-refractivity contribution in [3.05, 3.63) is 95.0 Å². The summed E-state index contributed by atoms with van der Waals surface area (Å²) in [4.78, 5) is 19.2. The number of benzene rings is 1. The molecule has 2 aliphatic rings. The van der Waals surface area contributed by atoms with E-state index in [-0.39, 0.29) is 12.6 Å². The zero-order chi connectivity index (χ0) is 20.1. The largest absolute Gasteiger partial charge is 0.462 e. The van der Waals surface area contributed by atoms with Crippen LogP contribution in [0.5, 0.6) is 0 Å². The number of carbonyl (C=O) groups excluding carboxylic acids is 1. The van der Waals surface area contributed by atoms with E-state index in [1.54, 1.807) is 0 Å². The van der Waals surface area contributed by atoms with Gasteiger partial charge in [-0.3, -0.25) is 9.79 Å². The van der Waals surface area contributed by atoms with Gasteiger partial charge < -0.3 is 9.72 Å². The summed E-state index contributed by atoms with van der Waals surface area (Å²) >= 11 is 0. The molecule has 0 saturated heterocycles. The highest BCUT2D eigenvalue weighted by atomic mass is 16.5. The molecule has 0 atom stereocenters. The van der Waals surface area contributed by atoms with Crippen molar-refractivity contribution in [1.29, 1.82) is 0 Å². The maximum absolute atomic E-state index is 11.0. The lowest BCUT2D eigenvalue weighted by atomic mass is 9.97. The molecule has 148 valence electrons. The molecule has 1 saturated carbocycles. The van der Waals surface area contributed by atoms with E-state index in [4.69, 9.17) is 9.73 Å². The Balaban J connectivity index is 1.56. The van der Waals surface area contributed by atoms with Gasteiger partial charge in [-0.05, 0) is 59.6 Å². The van der Waals surface area contributed by atoms with E-state index in [0.29, 0.717) is 0 Å². The highest BCUT2D eigenvalue weighted by Crippen LogP contribution is 2.39. The molecule has 0 radical (unpaired) electrons. The zero-order valence-corrected chi connectivity index (χ0v) is 16.7. The molecule has 0 amide bonds. The van der Waals surface area contributed by atoms with Gasteiger partial charge in [0.05, 0.1) is 5.71 Å². The van der Waals surface area contributed by atoms with Gasteiger partial charge in [0.1, 0.15) is 6.61 Å². The predicted molar refractivity (Wildman–Crippen MR) is 116 cm³/mol. The lowest BCUT2D eigenvalue weighted by molar-refractivity contribution is -0.139. The lowest BCUT2D eigenvalue weighted by Crippen LogP contribution is -1.99. The molecule has 1 N–H and O–H groups in total. The number of ether oxygens (including phenoxy) is 1. The summed E-state index contributed by atoms with van der Waals surface area (Å²) in [6.07, 6.45) is 14.4. The number of nitrogens with one attached hydrogen (secondary N) is 1. The molecule has 29 heavy (non-hydrogen) atoms. The minimum absolute atomic E-state index is 0.269. The van der Waals surface area contributed by atoms with E-state index in [1.165, 1.54) is 36.6 Å². The first-order chi connectivity index (χ1) is 14.2. The third-order valence-electron chi connectivity index (χ3n) is 5.24. The molecule has 1 aromatic carbocycles. The van der Waals surface area contributed by atoms with Crippen LogP contribution in [0.4, 0.5) is 0 Å². The van der Waals surface area contributed by atoms with Crippen LogP contribution in [0.2, 0.25) is 0 Å². The van der Waals surface area contributed by atoms with Gasteiger partial charge in [0.2, 0.25) is 0 Å². The number of esters is 1. The van der Waals surface area contributed by atoms with Gasteiger partial charge in [-0.25, -0.2) is 0 Å². The Labute approximate surface area is 171 Å².